The molecule has 2 aromatic rings. The van der Waals surface area contributed by atoms with Crippen LogP contribution in [0.2, 0.25) is 0 Å². The fraction of sp³-hybridized carbons (Fsp3) is 0.348. The number of rotatable bonds is 5. The van der Waals surface area contributed by atoms with Crippen LogP contribution >= 0.6 is 0 Å². The molecule has 2 aliphatic rings. The Labute approximate surface area is 160 Å². The Kier molecular flexibility index (Phi) is 5.08. The highest BCUT2D eigenvalue weighted by atomic mass is 19.1. The molecule has 0 radical (unpaired) electrons. The lowest BCUT2D eigenvalue weighted by Crippen LogP contribution is -2.51. The first-order valence-electron chi connectivity index (χ1n) is 9.67. The van der Waals surface area contributed by atoms with E-state index in [4.69, 9.17) is 0 Å². The van der Waals surface area contributed by atoms with Crippen LogP contribution in [0.25, 0.3) is 6.08 Å². The predicted octanol–water partition coefficient (Wildman–Crippen LogP) is 3.71. The van der Waals surface area contributed by atoms with Crippen molar-refractivity contribution in [3.8, 4) is 0 Å². The minimum absolute atomic E-state index is 0.216. The molecule has 0 unspecified atom stereocenters. The Balaban J connectivity index is 1.31. The highest BCUT2D eigenvalue weighted by Gasteiger charge is 2.53. The van der Waals surface area contributed by atoms with Gasteiger partial charge in [0.25, 0.3) is 0 Å². The molecule has 1 saturated heterocycles. The molecule has 0 bridgehead atoms. The molecule has 4 rings (SSSR count). The summed E-state index contributed by atoms with van der Waals surface area (Å²) in [5, 5.41) is 0. The first-order chi connectivity index (χ1) is 13.2. The zero-order chi connectivity index (χ0) is 18.7. The second kappa shape index (κ2) is 7.65. The summed E-state index contributed by atoms with van der Waals surface area (Å²) in [5.74, 6) is -0.0345. The Hall–Kier alpha value is -2.46. The zero-order valence-corrected chi connectivity index (χ0v) is 15.5. The van der Waals surface area contributed by atoms with Crippen molar-refractivity contribution in [2.45, 2.75) is 18.3 Å². The van der Waals surface area contributed by atoms with E-state index in [-0.39, 0.29) is 11.7 Å². The van der Waals surface area contributed by atoms with Gasteiger partial charge in [-0.3, -0.25) is 9.69 Å². The number of hydrogen-bond acceptors (Lipinski definition) is 2. The molecule has 3 nitrogen and oxygen atoms in total. The van der Waals surface area contributed by atoms with Crippen molar-refractivity contribution >= 4 is 12.0 Å². The molecule has 0 spiro atoms. The van der Waals surface area contributed by atoms with E-state index in [9.17, 15) is 9.18 Å². The molecule has 27 heavy (non-hydrogen) atoms. The number of hydrogen-bond donors (Lipinski definition) is 0. The summed E-state index contributed by atoms with van der Waals surface area (Å²) in [6.07, 6.45) is 6.08. The molecule has 2 aromatic carbocycles. The maximum absolute atomic E-state index is 13.2. The molecule has 1 aliphatic heterocycles. The number of piperazine rings is 1. The molecule has 1 saturated carbocycles. The summed E-state index contributed by atoms with van der Waals surface area (Å²) in [6.45, 7) is 4.22. The molecule has 0 aromatic heterocycles. The van der Waals surface area contributed by atoms with Crippen molar-refractivity contribution < 1.29 is 9.18 Å². The second-order valence-electron chi connectivity index (χ2n) is 7.49. The number of benzene rings is 2. The first-order valence-corrected chi connectivity index (χ1v) is 9.67. The average Bonchev–Trinajstić information content (AvgIpc) is 3.51. The molecule has 1 heterocycles. The Bertz CT molecular complexity index is 804. The molecule has 4 heteroatoms. The third-order valence-electron chi connectivity index (χ3n) is 5.69. The van der Waals surface area contributed by atoms with Gasteiger partial charge in [-0.2, -0.15) is 0 Å². The SMILES string of the molecule is O=C(N1CCN(CC=Cc2ccccc2)CC1)C1(c2ccc(F)cc2)CC1. The Morgan fingerprint density at radius 3 is 2.26 bits per heavy atom. The smallest absolute Gasteiger partial charge is 0.233 e. The van der Waals surface area contributed by atoms with Gasteiger partial charge in [-0.05, 0) is 36.1 Å². The van der Waals surface area contributed by atoms with E-state index in [2.05, 4.69) is 29.2 Å². The van der Waals surface area contributed by atoms with Crippen molar-refractivity contribution in [1.29, 1.82) is 0 Å². The molecule has 1 aliphatic carbocycles. The minimum atomic E-state index is -0.400. The lowest BCUT2D eigenvalue weighted by atomic mass is 9.94. The molecule has 2 fully saturated rings. The fourth-order valence-electron chi connectivity index (χ4n) is 3.86. The predicted molar refractivity (Wildman–Crippen MR) is 106 cm³/mol. The molecular formula is C23H25FN2O. The van der Waals surface area contributed by atoms with Gasteiger partial charge in [0.1, 0.15) is 5.82 Å². The number of carbonyl (C=O) groups is 1. The molecule has 0 N–H and O–H groups in total. The third-order valence-corrected chi connectivity index (χ3v) is 5.69. The fourth-order valence-corrected chi connectivity index (χ4v) is 3.86. The van der Waals surface area contributed by atoms with E-state index in [1.807, 2.05) is 23.1 Å². The van der Waals surface area contributed by atoms with E-state index in [0.717, 1.165) is 51.1 Å². The summed E-state index contributed by atoms with van der Waals surface area (Å²) in [6, 6.07) is 16.7. The van der Waals surface area contributed by atoms with Gasteiger partial charge in [-0.25, -0.2) is 4.39 Å². The van der Waals surface area contributed by atoms with E-state index in [1.165, 1.54) is 17.7 Å². The van der Waals surface area contributed by atoms with Crippen molar-refractivity contribution in [3.63, 3.8) is 0 Å². The topological polar surface area (TPSA) is 23.6 Å². The zero-order valence-electron chi connectivity index (χ0n) is 15.5. The Morgan fingerprint density at radius 2 is 1.63 bits per heavy atom. The van der Waals surface area contributed by atoms with E-state index < -0.39 is 5.41 Å². The summed E-state index contributed by atoms with van der Waals surface area (Å²) >= 11 is 0. The summed E-state index contributed by atoms with van der Waals surface area (Å²) in [4.78, 5) is 17.4. The van der Waals surface area contributed by atoms with Gasteiger partial charge < -0.3 is 4.90 Å². The molecular weight excluding hydrogens is 339 g/mol. The van der Waals surface area contributed by atoms with Gasteiger partial charge in [0.15, 0.2) is 0 Å². The van der Waals surface area contributed by atoms with E-state index in [0.29, 0.717) is 0 Å². The van der Waals surface area contributed by atoms with E-state index in [1.54, 1.807) is 12.1 Å². The van der Waals surface area contributed by atoms with Crippen LogP contribution in [0.5, 0.6) is 0 Å². The van der Waals surface area contributed by atoms with E-state index >= 15 is 0 Å². The van der Waals surface area contributed by atoms with Crippen molar-refractivity contribution in [2.24, 2.45) is 0 Å². The average molecular weight is 364 g/mol. The van der Waals surface area contributed by atoms with Crippen LogP contribution in [-0.2, 0) is 10.2 Å². The van der Waals surface area contributed by atoms with Crippen LogP contribution in [0.3, 0.4) is 0 Å². The second-order valence-corrected chi connectivity index (χ2v) is 7.49. The van der Waals surface area contributed by atoms with Crippen LogP contribution in [0, 0.1) is 5.82 Å². The van der Waals surface area contributed by atoms with Crippen LogP contribution in [-0.4, -0.2) is 48.4 Å². The normalized spacial score (nSPS) is 19.4. The largest absolute Gasteiger partial charge is 0.339 e. The lowest BCUT2D eigenvalue weighted by Gasteiger charge is -2.36. The first kappa shape index (κ1) is 17.9. The summed E-state index contributed by atoms with van der Waals surface area (Å²) in [7, 11) is 0. The number of halogens is 1. The van der Waals surface area contributed by atoms with Gasteiger partial charge in [-0.15, -0.1) is 0 Å². The van der Waals surface area contributed by atoms with Crippen LogP contribution < -0.4 is 0 Å². The van der Waals surface area contributed by atoms with Gasteiger partial charge in [-0.1, -0.05) is 54.6 Å². The van der Waals surface area contributed by atoms with Crippen LogP contribution in [0.15, 0.2) is 60.7 Å². The van der Waals surface area contributed by atoms with Gasteiger partial charge in [0.05, 0.1) is 5.41 Å². The lowest BCUT2D eigenvalue weighted by molar-refractivity contribution is -0.135. The maximum atomic E-state index is 13.2. The molecule has 140 valence electrons. The number of carbonyl (C=O) groups excluding carboxylic acids is 1. The highest BCUT2D eigenvalue weighted by Crippen LogP contribution is 2.49. The highest BCUT2D eigenvalue weighted by molar-refractivity contribution is 5.91. The standard InChI is InChI=1S/C23H25FN2O/c24-21-10-8-20(9-11-21)23(12-13-23)22(27)26-17-15-25(16-18-26)14-4-7-19-5-2-1-3-6-19/h1-11H,12-18H2. The van der Waals surface area contributed by atoms with Crippen molar-refractivity contribution in [1.82, 2.24) is 9.80 Å². The Morgan fingerprint density at radius 1 is 0.963 bits per heavy atom. The van der Waals surface area contributed by atoms with Gasteiger partial charge in [0.2, 0.25) is 5.91 Å². The number of nitrogens with zero attached hydrogens (tertiary/aromatic N) is 2. The van der Waals surface area contributed by atoms with Crippen LogP contribution in [0.4, 0.5) is 4.39 Å². The van der Waals surface area contributed by atoms with Crippen molar-refractivity contribution in [3.05, 3.63) is 77.6 Å². The minimum Gasteiger partial charge on any atom is -0.339 e. The quantitative estimate of drug-likeness (QED) is 0.807. The maximum Gasteiger partial charge on any atom is 0.233 e. The third kappa shape index (κ3) is 3.96. The summed E-state index contributed by atoms with van der Waals surface area (Å²) < 4.78 is 13.2. The van der Waals surface area contributed by atoms with Crippen molar-refractivity contribution in [2.75, 3.05) is 32.7 Å². The number of amides is 1. The molecule has 0 atom stereocenters. The monoisotopic (exact) mass is 364 g/mol. The summed E-state index contributed by atoms with van der Waals surface area (Å²) in [5.41, 5.74) is 1.77. The van der Waals surface area contributed by atoms with Gasteiger partial charge in [0, 0.05) is 32.7 Å². The van der Waals surface area contributed by atoms with Crippen LogP contribution in [0.1, 0.15) is 24.0 Å². The molecule has 1 amide bonds. The van der Waals surface area contributed by atoms with Gasteiger partial charge >= 0.3 is 0 Å².